The van der Waals surface area contributed by atoms with E-state index in [-0.39, 0.29) is 24.5 Å². The van der Waals surface area contributed by atoms with Crippen LogP contribution in [0.25, 0.3) is 0 Å². The molecule has 0 spiro atoms. The molecule has 1 aliphatic heterocycles. The summed E-state index contributed by atoms with van der Waals surface area (Å²) in [5.74, 6) is 5.82. The van der Waals surface area contributed by atoms with E-state index in [1.807, 2.05) is 6.92 Å². The highest BCUT2D eigenvalue weighted by molar-refractivity contribution is 5.66. The summed E-state index contributed by atoms with van der Waals surface area (Å²) in [6, 6.07) is 0. The lowest BCUT2D eigenvalue weighted by molar-refractivity contribution is -0.900. The number of halogens is 1. The van der Waals surface area contributed by atoms with E-state index in [4.69, 9.17) is 9.47 Å². The standard InChI is InChI=1S/C12H19NO3.ClH/c1-3-12(16-11(2)14)5-4-6-13-7-9-15-10-8-13;/h12H,3,6-10H2,1-2H3;1H. The second kappa shape index (κ2) is 9.29. The van der Waals surface area contributed by atoms with Gasteiger partial charge in [0.2, 0.25) is 0 Å². The fourth-order valence-corrected chi connectivity index (χ4v) is 1.54. The average molecular weight is 262 g/mol. The van der Waals surface area contributed by atoms with Crippen LogP contribution in [-0.2, 0) is 14.3 Å². The molecular formula is C12H20ClNO3. The first-order valence-corrected chi connectivity index (χ1v) is 5.79. The van der Waals surface area contributed by atoms with Gasteiger partial charge in [0.05, 0.1) is 13.2 Å². The predicted octanol–water partition coefficient (Wildman–Crippen LogP) is -3.75. The summed E-state index contributed by atoms with van der Waals surface area (Å²) in [5.41, 5.74) is 0. The summed E-state index contributed by atoms with van der Waals surface area (Å²) in [5, 5.41) is 0. The van der Waals surface area contributed by atoms with Gasteiger partial charge in [-0.1, -0.05) is 12.8 Å². The van der Waals surface area contributed by atoms with Crippen molar-refractivity contribution in [3.05, 3.63) is 0 Å². The number of hydrogen-bond donors (Lipinski definition) is 1. The van der Waals surface area contributed by atoms with E-state index in [0.717, 1.165) is 39.3 Å². The third-order valence-corrected chi connectivity index (χ3v) is 2.48. The average Bonchev–Trinajstić information content (AvgIpc) is 2.28. The Morgan fingerprint density at radius 2 is 2.12 bits per heavy atom. The first-order valence-electron chi connectivity index (χ1n) is 5.79. The highest BCUT2D eigenvalue weighted by Crippen LogP contribution is 1.95. The van der Waals surface area contributed by atoms with Crippen LogP contribution in [0.5, 0.6) is 0 Å². The second-order valence-electron chi connectivity index (χ2n) is 3.87. The molecule has 0 bridgehead atoms. The van der Waals surface area contributed by atoms with Crippen molar-refractivity contribution in [2.45, 2.75) is 26.4 Å². The Balaban J connectivity index is 0.00000256. The van der Waals surface area contributed by atoms with Gasteiger partial charge < -0.3 is 26.8 Å². The second-order valence-corrected chi connectivity index (χ2v) is 3.87. The predicted molar refractivity (Wildman–Crippen MR) is 60.0 cm³/mol. The van der Waals surface area contributed by atoms with Crippen molar-refractivity contribution in [3.8, 4) is 11.8 Å². The first-order chi connectivity index (χ1) is 7.72. The Hall–Kier alpha value is -0.760. The van der Waals surface area contributed by atoms with E-state index in [1.165, 1.54) is 11.8 Å². The summed E-state index contributed by atoms with van der Waals surface area (Å²) in [6.07, 6.45) is 0.489. The first kappa shape index (κ1) is 16.2. The Morgan fingerprint density at radius 3 is 2.65 bits per heavy atom. The summed E-state index contributed by atoms with van der Waals surface area (Å²) < 4.78 is 10.3. The summed E-state index contributed by atoms with van der Waals surface area (Å²) in [7, 11) is 0. The number of quaternary nitrogens is 1. The fraction of sp³-hybridized carbons (Fsp3) is 0.750. The van der Waals surface area contributed by atoms with Gasteiger partial charge in [0.1, 0.15) is 19.6 Å². The molecule has 1 atom stereocenters. The van der Waals surface area contributed by atoms with Crippen LogP contribution >= 0.6 is 0 Å². The van der Waals surface area contributed by atoms with E-state index >= 15 is 0 Å². The minimum Gasteiger partial charge on any atom is -1.00 e. The summed E-state index contributed by atoms with van der Waals surface area (Å²) in [4.78, 5) is 12.2. The maximum absolute atomic E-state index is 10.8. The molecule has 4 nitrogen and oxygen atoms in total. The maximum atomic E-state index is 10.8. The van der Waals surface area contributed by atoms with Crippen molar-refractivity contribution in [1.82, 2.24) is 0 Å². The van der Waals surface area contributed by atoms with E-state index in [0.29, 0.717) is 0 Å². The van der Waals surface area contributed by atoms with Crippen LogP contribution in [-0.4, -0.2) is 44.9 Å². The number of esters is 1. The fourth-order valence-electron chi connectivity index (χ4n) is 1.54. The van der Waals surface area contributed by atoms with Gasteiger partial charge in [0.15, 0.2) is 6.10 Å². The monoisotopic (exact) mass is 261 g/mol. The zero-order valence-corrected chi connectivity index (χ0v) is 11.2. The number of ether oxygens (including phenoxy) is 2. The maximum Gasteiger partial charge on any atom is 0.303 e. The summed E-state index contributed by atoms with van der Waals surface area (Å²) >= 11 is 0. The van der Waals surface area contributed by atoms with E-state index in [1.54, 1.807) is 0 Å². The molecule has 1 saturated heterocycles. The minimum atomic E-state index is -0.264. The molecule has 0 amide bonds. The zero-order valence-electron chi connectivity index (χ0n) is 10.4. The van der Waals surface area contributed by atoms with Gasteiger partial charge >= 0.3 is 5.97 Å². The van der Waals surface area contributed by atoms with Crippen molar-refractivity contribution < 1.29 is 31.6 Å². The molecule has 5 heteroatoms. The number of carbonyl (C=O) groups excluding carboxylic acids is 1. The van der Waals surface area contributed by atoms with Gasteiger partial charge in [-0.2, -0.15) is 0 Å². The number of hydrogen-bond acceptors (Lipinski definition) is 3. The van der Waals surface area contributed by atoms with Gasteiger partial charge in [-0.15, -0.1) is 0 Å². The molecule has 1 fully saturated rings. The van der Waals surface area contributed by atoms with E-state index in [2.05, 4.69) is 11.8 Å². The molecule has 0 aromatic rings. The van der Waals surface area contributed by atoms with Gasteiger partial charge in [-0.3, -0.25) is 4.79 Å². The van der Waals surface area contributed by atoms with Crippen LogP contribution in [0.2, 0.25) is 0 Å². The van der Waals surface area contributed by atoms with Crippen LogP contribution in [0.3, 0.4) is 0 Å². The Labute approximate surface area is 109 Å². The number of morpholine rings is 1. The molecule has 1 rings (SSSR count). The molecule has 17 heavy (non-hydrogen) atoms. The lowest BCUT2D eigenvalue weighted by atomic mass is 10.3. The SMILES string of the molecule is CCC(C#CC[NH+]1CCOCC1)OC(C)=O.[Cl-]. The van der Waals surface area contributed by atoms with Crippen molar-refractivity contribution in [3.63, 3.8) is 0 Å². The normalized spacial score (nSPS) is 17.3. The third-order valence-electron chi connectivity index (χ3n) is 2.48. The Kier molecular flexibility index (Phi) is 8.87. The zero-order chi connectivity index (χ0) is 11.8. The molecule has 1 unspecified atom stereocenters. The van der Waals surface area contributed by atoms with Crippen LogP contribution < -0.4 is 17.3 Å². The molecule has 0 radical (unpaired) electrons. The lowest BCUT2D eigenvalue weighted by Crippen LogP contribution is -3.14. The number of rotatable bonds is 3. The highest BCUT2D eigenvalue weighted by atomic mass is 35.5. The van der Waals surface area contributed by atoms with Gasteiger partial charge in [-0.25, -0.2) is 0 Å². The van der Waals surface area contributed by atoms with Crippen molar-refractivity contribution in [2.75, 3.05) is 32.8 Å². The molecule has 0 saturated carbocycles. The van der Waals surface area contributed by atoms with Gasteiger partial charge in [-0.05, 0) is 12.3 Å². The quantitative estimate of drug-likeness (QED) is 0.419. The van der Waals surface area contributed by atoms with Crippen LogP contribution in [0.1, 0.15) is 20.3 Å². The van der Waals surface area contributed by atoms with Gasteiger partial charge in [0, 0.05) is 6.92 Å². The van der Waals surface area contributed by atoms with E-state index in [9.17, 15) is 4.79 Å². The molecule has 0 aromatic carbocycles. The Morgan fingerprint density at radius 1 is 1.47 bits per heavy atom. The molecule has 1 heterocycles. The highest BCUT2D eigenvalue weighted by Gasteiger charge is 2.11. The number of nitrogens with one attached hydrogen (secondary N) is 1. The van der Waals surface area contributed by atoms with Crippen LogP contribution in [0.15, 0.2) is 0 Å². The summed E-state index contributed by atoms with van der Waals surface area (Å²) in [6.45, 7) is 7.84. The van der Waals surface area contributed by atoms with Gasteiger partial charge in [0.25, 0.3) is 0 Å². The molecule has 0 aromatic heterocycles. The minimum absolute atomic E-state index is 0. The molecule has 98 valence electrons. The van der Waals surface area contributed by atoms with Crippen LogP contribution in [0.4, 0.5) is 0 Å². The third kappa shape index (κ3) is 7.22. The molecular weight excluding hydrogens is 242 g/mol. The largest absolute Gasteiger partial charge is 1.00 e. The van der Waals surface area contributed by atoms with E-state index < -0.39 is 0 Å². The number of carbonyl (C=O) groups is 1. The van der Waals surface area contributed by atoms with Crippen LogP contribution in [0, 0.1) is 11.8 Å². The van der Waals surface area contributed by atoms with Crippen molar-refractivity contribution in [2.24, 2.45) is 0 Å². The molecule has 1 N–H and O–H groups in total. The Bertz CT molecular complexity index is 279. The van der Waals surface area contributed by atoms with Crippen molar-refractivity contribution in [1.29, 1.82) is 0 Å². The molecule has 1 aliphatic rings. The van der Waals surface area contributed by atoms with Crippen molar-refractivity contribution >= 4 is 5.97 Å². The molecule has 0 aliphatic carbocycles. The topological polar surface area (TPSA) is 40.0 Å². The lowest BCUT2D eigenvalue weighted by Gasteiger charge is -2.21. The smallest absolute Gasteiger partial charge is 0.303 e.